The first-order valence-electron chi connectivity index (χ1n) is 5.05. The lowest BCUT2D eigenvalue weighted by Gasteiger charge is -2.07. The van der Waals surface area contributed by atoms with Crippen molar-refractivity contribution in [3.05, 3.63) is 52.3 Å². The summed E-state index contributed by atoms with van der Waals surface area (Å²) in [4.78, 5) is 1.94. The summed E-state index contributed by atoms with van der Waals surface area (Å²) in [6.45, 7) is 2.04. The van der Waals surface area contributed by atoms with Crippen LogP contribution < -0.4 is 5.73 Å². The van der Waals surface area contributed by atoms with Crippen molar-refractivity contribution in [1.82, 2.24) is 0 Å². The summed E-state index contributed by atoms with van der Waals surface area (Å²) in [5.41, 5.74) is 7.44. The van der Waals surface area contributed by atoms with Crippen LogP contribution in [0, 0.1) is 12.7 Å². The molecular weight excluding hydrogens is 301 g/mol. The molecule has 0 bridgehead atoms. The molecule has 0 amide bonds. The van der Waals surface area contributed by atoms with Crippen LogP contribution in [0.5, 0.6) is 0 Å². The zero-order valence-electron chi connectivity index (χ0n) is 9.21. The number of nitrogen functional groups attached to an aromatic ring is 1. The van der Waals surface area contributed by atoms with Crippen molar-refractivity contribution < 1.29 is 4.39 Å². The van der Waals surface area contributed by atoms with Crippen molar-refractivity contribution in [3.63, 3.8) is 0 Å². The molecule has 0 aliphatic carbocycles. The Labute approximate surface area is 112 Å². The van der Waals surface area contributed by atoms with Crippen LogP contribution in [0.2, 0.25) is 0 Å². The average molecular weight is 312 g/mol. The topological polar surface area (TPSA) is 26.0 Å². The van der Waals surface area contributed by atoms with E-state index in [1.807, 2.05) is 25.1 Å². The van der Waals surface area contributed by atoms with E-state index in [4.69, 9.17) is 5.73 Å². The van der Waals surface area contributed by atoms with Crippen LogP contribution in [0.4, 0.5) is 10.1 Å². The fourth-order valence-electron chi connectivity index (χ4n) is 1.44. The molecule has 0 fully saturated rings. The van der Waals surface area contributed by atoms with Gasteiger partial charge < -0.3 is 5.73 Å². The van der Waals surface area contributed by atoms with Gasteiger partial charge in [-0.1, -0.05) is 29.5 Å². The minimum absolute atomic E-state index is 0.337. The molecule has 4 heteroatoms. The summed E-state index contributed by atoms with van der Waals surface area (Å²) in [5.74, 6) is -0.337. The highest BCUT2D eigenvalue weighted by Gasteiger charge is 2.07. The van der Waals surface area contributed by atoms with Gasteiger partial charge in [-0.15, -0.1) is 0 Å². The molecule has 88 valence electrons. The van der Waals surface area contributed by atoms with Crippen LogP contribution in [-0.4, -0.2) is 0 Å². The predicted molar refractivity (Wildman–Crippen MR) is 73.8 cm³/mol. The normalized spacial score (nSPS) is 10.5. The minimum atomic E-state index is -0.337. The van der Waals surface area contributed by atoms with Gasteiger partial charge in [0.25, 0.3) is 0 Å². The molecule has 0 aliphatic heterocycles. The van der Waals surface area contributed by atoms with Crippen LogP contribution in [0.1, 0.15) is 5.56 Å². The van der Waals surface area contributed by atoms with Crippen molar-refractivity contribution in [2.45, 2.75) is 16.7 Å². The molecule has 2 aromatic rings. The van der Waals surface area contributed by atoms with Crippen LogP contribution >= 0.6 is 27.7 Å². The number of hydrogen-bond acceptors (Lipinski definition) is 2. The summed E-state index contributed by atoms with van der Waals surface area (Å²) in [7, 11) is 0. The van der Waals surface area contributed by atoms with Crippen LogP contribution in [0.3, 0.4) is 0 Å². The Morgan fingerprint density at radius 1 is 1.24 bits per heavy atom. The van der Waals surface area contributed by atoms with Gasteiger partial charge in [-0.05, 0) is 47.1 Å². The van der Waals surface area contributed by atoms with Gasteiger partial charge in [0.1, 0.15) is 5.82 Å². The lowest BCUT2D eigenvalue weighted by molar-refractivity contribution is 0.620. The number of halogens is 2. The van der Waals surface area contributed by atoms with Gasteiger partial charge in [-0.3, -0.25) is 0 Å². The molecular formula is C13H11BrFNS. The number of benzene rings is 2. The maximum atomic E-state index is 13.2. The Morgan fingerprint density at radius 2 is 2.00 bits per heavy atom. The fourth-order valence-corrected chi connectivity index (χ4v) is 2.93. The van der Waals surface area contributed by atoms with Gasteiger partial charge in [0.2, 0.25) is 0 Å². The molecule has 2 rings (SSSR count). The van der Waals surface area contributed by atoms with Gasteiger partial charge in [0.05, 0.1) is 4.47 Å². The van der Waals surface area contributed by atoms with E-state index in [0.29, 0.717) is 10.2 Å². The molecule has 0 radical (unpaired) electrons. The highest BCUT2D eigenvalue weighted by molar-refractivity contribution is 9.10. The first kappa shape index (κ1) is 12.5. The summed E-state index contributed by atoms with van der Waals surface area (Å²) in [6, 6.07) is 11.1. The summed E-state index contributed by atoms with van der Waals surface area (Å²) >= 11 is 4.69. The fraction of sp³-hybridized carbons (Fsp3) is 0.0769. The number of nitrogens with two attached hydrogens (primary N) is 1. The zero-order chi connectivity index (χ0) is 12.4. The summed E-state index contributed by atoms with van der Waals surface area (Å²) < 4.78 is 13.7. The molecule has 2 N–H and O–H groups in total. The molecule has 0 saturated heterocycles. The molecule has 0 aromatic heterocycles. The third-order valence-electron chi connectivity index (χ3n) is 2.27. The van der Waals surface area contributed by atoms with Crippen molar-refractivity contribution in [3.8, 4) is 0 Å². The van der Waals surface area contributed by atoms with Crippen LogP contribution in [0.25, 0.3) is 0 Å². The molecule has 0 atom stereocenters. The van der Waals surface area contributed by atoms with E-state index in [2.05, 4.69) is 22.0 Å². The van der Waals surface area contributed by atoms with Crippen molar-refractivity contribution >= 4 is 33.4 Å². The third-order valence-corrected chi connectivity index (χ3v) is 3.94. The number of aryl methyl sites for hydroxylation is 1. The lowest BCUT2D eigenvalue weighted by atomic mass is 10.2. The molecule has 0 spiro atoms. The van der Waals surface area contributed by atoms with Gasteiger partial charge >= 0.3 is 0 Å². The second kappa shape index (κ2) is 5.10. The smallest absolute Gasteiger partial charge is 0.139 e. The van der Waals surface area contributed by atoms with Gasteiger partial charge in [0, 0.05) is 15.5 Å². The number of rotatable bonds is 2. The molecule has 0 saturated carbocycles. The molecule has 2 aromatic carbocycles. The maximum Gasteiger partial charge on any atom is 0.139 e. The maximum absolute atomic E-state index is 13.2. The number of anilines is 1. The van der Waals surface area contributed by atoms with E-state index >= 15 is 0 Å². The van der Waals surface area contributed by atoms with E-state index in [9.17, 15) is 4.39 Å². The average Bonchev–Trinajstić information content (AvgIpc) is 2.26. The Bertz CT molecular complexity index is 557. The van der Waals surface area contributed by atoms with Crippen molar-refractivity contribution in [2.24, 2.45) is 0 Å². The van der Waals surface area contributed by atoms with Gasteiger partial charge in [0.15, 0.2) is 0 Å². The first-order valence-corrected chi connectivity index (χ1v) is 6.66. The molecule has 0 aliphatic rings. The standard InChI is InChI=1S/C13H11BrFNS/c1-8-3-2-4-9(5-8)17-13-6-10(14)11(15)7-12(13)16/h2-7H,16H2,1H3. The highest BCUT2D eigenvalue weighted by Crippen LogP contribution is 2.35. The Balaban J connectivity index is 2.33. The molecule has 0 heterocycles. The second-order valence-corrected chi connectivity index (χ2v) is 5.69. The Kier molecular flexibility index (Phi) is 3.74. The largest absolute Gasteiger partial charge is 0.398 e. The predicted octanol–water partition coefficient (Wildman–Crippen LogP) is 4.63. The van der Waals surface area contributed by atoms with Gasteiger partial charge in [-0.25, -0.2) is 4.39 Å². The minimum Gasteiger partial charge on any atom is -0.398 e. The Hall–Kier alpha value is -1.00. The van der Waals surface area contributed by atoms with Crippen LogP contribution in [0.15, 0.2) is 50.7 Å². The summed E-state index contributed by atoms with van der Waals surface area (Å²) in [6.07, 6.45) is 0. The monoisotopic (exact) mass is 311 g/mol. The number of hydrogen-bond donors (Lipinski definition) is 1. The van der Waals surface area contributed by atoms with E-state index in [1.54, 1.807) is 6.07 Å². The first-order chi connectivity index (χ1) is 8.06. The molecule has 0 unspecified atom stereocenters. The van der Waals surface area contributed by atoms with Crippen molar-refractivity contribution in [2.75, 3.05) is 5.73 Å². The lowest BCUT2D eigenvalue weighted by Crippen LogP contribution is -1.91. The van der Waals surface area contributed by atoms with E-state index in [0.717, 1.165) is 9.79 Å². The third kappa shape index (κ3) is 3.01. The van der Waals surface area contributed by atoms with E-state index in [1.165, 1.54) is 23.4 Å². The van der Waals surface area contributed by atoms with Gasteiger partial charge in [-0.2, -0.15) is 0 Å². The molecule has 1 nitrogen and oxygen atoms in total. The molecule has 17 heavy (non-hydrogen) atoms. The highest BCUT2D eigenvalue weighted by atomic mass is 79.9. The van der Waals surface area contributed by atoms with Crippen LogP contribution in [-0.2, 0) is 0 Å². The SMILES string of the molecule is Cc1cccc(Sc2cc(Br)c(F)cc2N)c1. The van der Waals surface area contributed by atoms with Crippen molar-refractivity contribution in [1.29, 1.82) is 0 Å². The van der Waals surface area contributed by atoms with E-state index in [-0.39, 0.29) is 5.82 Å². The Morgan fingerprint density at radius 3 is 2.71 bits per heavy atom. The second-order valence-electron chi connectivity index (χ2n) is 3.72. The van der Waals surface area contributed by atoms with E-state index < -0.39 is 0 Å². The quantitative estimate of drug-likeness (QED) is 0.818. The summed E-state index contributed by atoms with van der Waals surface area (Å²) in [5, 5.41) is 0. The zero-order valence-corrected chi connectivity index (χ0v) is 11.6.